The number of nitrogens with zero attached hydrogens (tertiary/aromatic N) is 1. The molecule has 0 radical (unpaired) electrons. The third-order valence-electron chi connectivity index (χ3n) is 4.44. The van der Waals surface area contributed by atoms with Gasteiger partial charge in [0.15, 0.2) is 0 Å². The lowest BCUT2D eigenvalue weighted by atomic mass is 10.1. The highest BCUT2D eigenvalue weighted by molar-refractivity contribution is 6.02. The Morgan fingerprint density at radius 3 is 2.39 bits per heavy atom. The van der Waals surface area contributed by atoms with Crippen LogP contribution in [0, 0.1) is 0 Å². The molecule has 150 valence electrons. The largest absolute Gasteiger partial charge is 0.496 e. The number of carboxylic acid groups (broad SMARTS) is 1. The number of methoxy groups -OCH3 is 2. The molecule has 2 fully saturated rings. The zero-order chi connectivity index (χ0) is 20.5. The van der Waals surface area contributed by atoms with Gasteiger partial charge in [-0.3, -0.25) is 19.2 Å². The van der Waals surface area contributed by atoms with E-state index in [0.29, 0.717) is 5.06 Å². The van der Waals surface area contributed by atoms with E-state index in [9.17, 15) is 24.3 Å². The Morgan fingerprint density at radius 1 is 1.25 bits per heavy atom. The average Bonchev–Trinajstić information content (AvgIpc) is 3.25. The topological polar surface area (TPSA) is 141 Å². The molecule has 0 aliphatic carbocycles. The quantitative estimate of drug-likeness (QED) is 0.622. The SMILES string of the molecule is COc1cccc(OC)c1C(=O)N[C@H]1CON(C2(C(=O)O)CCC(=O)O2)C1=O. The first kappa shape index (κ1) is 19.4. The number of esters is 1. The van der Waals surface area contributed by atoms with Gasteiger partial charge in [0.05, 0.1) is 20.6 Å². The van der Waals surface area contributed by atoms with Gasteiger partial charge in [-0.1, -0.05) is 6.07 Å². The number of benzene rings is 1. The molecule has 11 nitrogen and oxygen atoms in total. The maximum atomic E-state index is 12.7. The fourth-order valence-electron chi connectivity index (χ4n) is 3.06. The van der Waals surface area contributed by atoms with E-state index in [1.165, 1.54) is 14.2 Å². The number of carboxylic acids is 1. The van der Waals surface area contributed by atoms with Gasteiger partial charge >= 0.3 is 17.7 Å². The second-order valence-corrected chi connectivity index (χ2v) is 6.06. The highest BCUT2D eigenvalue weighted by atomic mass is 16.7. The van der Waals surface area contributed by atoms with E-state index < -0.39 is 35.5 Å². The van der Waals surface area contributed by atoms with E-state index >= 15 is 0 Å². The lowest BCUT2D eigenvalue weighted by Crippen LogP contribution is -2.56. The van der Waals surface area contributed by atoms with Crippen LogP contribution < -0.4 is 14.8 Å². The molecule has 1 unspecified atom stereocenters. The highest BCUT2D eigenvalue weighted by Crippen LogP contribution is 2.34. The molecule has 2 amide bonds. The Morgan fingerprint density at radius 2 is 1.89 bits per heavy atom. The Kier molecular flexibility index (Phi) is 5.10. The predicted octanol–water partition coefficient (Wildman–Crippen LogP) is -0.306. The Labute approximate surface area is 159 Å². The average molecular weight is 394 g/mol. The van der Waals surface area contributed by atoms with Crippen molar-refractivity contribution in [3.8, 4) is 11.5 Å². The molecule has 2 atom stereocenters. The Balaban J connectivity index is 1.81. The van der Waals surface area contributed by atoms with Crippen molar-refractivity contribution in [1.82, 2.24) is 10.4 Å². The number of amides is 2. The van der Waals surface area contributed by atoms with Crippen molar-refractivity contribution in [1.29, 1.82) is 0 Å². The first-order valence-corrected chi connectivity index (χ1v) is 8.28. The van der Waals surface area contributed by atoms with Crippen LogP contribution in [0.4, 0.5) is 0 Å². The lowest BCUT2D eigenvalue weighted by Gasteiger charge is -2.30. The first-order valence-electron chi connectivity index (χ1n) is 8.28. The van der Waals surface area contributed by atoms with Gasteiger partial charge in [0.25, 0.3) is 11.8 Å². The van der Waals surface area contributed by atoms with E-state index in [-0.39, 0.29) is 36.5 Å². The van der Waals surface area contributed by atoms with E-state index in [1.54, 1.807) is 18.2 Å². The molecule has 3 rings (SSSR count). The number of nitrogens with one attached hydrogen (secondary N) is 1. The van der Waals surface area contributed by atoms with Gasteiger partial charge < -0.3 is 24.6 Å². The van der Waals surface area contributed by atoms with Crippen molar-refractivity contribution in [2.24, 2.45) is 0 Å². The van der Waals surface area contributed by atoms with Crippen molar-refractivity contribution >= 4 is 23.8 Å². The highest BCUT2D eigenvalue weighted by Gasteiger charge is 2.59. The molecular formula is C17H18N2O9. The zero-order valence-electron chi connectivity index (χ0n) is 15.1. The van der Waals surface area contributed by atoms with E-state index in [4.69, 9.17) is 19.0 Å². The summed E-state index contributed by atoms with van der Waals surface area (Å²) < 4.78 is 15.2. The number of cyclic esters (lactones) is 1. The van der Waals surface area contributed by atoms with Gasteiger partial charge in [-0.25, -0.2) is 4.79 Å². The summed E-state index contributed by atoms with van der Waals surface area (Å²) in [6.45, 7) is -0.325. The summed E-state index contributed by atoms with van der Waals surface area (Å²) >= 11 is 0. The molecule has 2 heterocycles. The smallest absolute Gasteiger partial charge is 0.372 e. The standard InChI is InChI=1S/C17H18N2O9/c1-25-10-4-3-5-11(26-2)13(10)14(21)18-9-8-27-19(15(9)22)17(16(23)24)7-6-12(20)28-17/h3-5,9H,6-8H2,1-2H3,(H,18,21)(H,23,24)/t9-,17?/m0/s1. The van der Waals surface area contributed by atoms with Crippen LogP contribution in [0.2, 0.25) is 0 Å². The van der Waals surface area contributed by atoms with Crippen molar-refractivity contribution in [2.45, 2.75) is 24.6 Å². The van der Waals surface area contributed by atoms with E-state index in [1.807, 2.05) is 0 Å². The molecule has 1 aromatic carbocycles. The summed E-state index contributed by atoms with van der Waals surface area (Å²) in [6, 6.07) is 3.55. The molecule has 28 heavy (non-hydrogen) atoms. The molecule has 2 aliphatic heterocycles. The third-order valence-corrected chi connectivity index (χ3v) is 4.44. The third kappa shape index (κ3) is 3.09. The molecule has 2 N–H and O–H groups in total. The van der Waals surface area contributed by atoms with Gasteiger partial charge in [-0.15, -0.1) is 0 Å². The lowest BCUT2D eigenvalue weighted by molar-refractivity contribution is -0.256. The maximum absolute atomic E-state index is 12.7. The molecule has 1 aromatic rings. The Bertz CT molecular complexity index is 818. The number of ether oxygens (including phenoxy) is 3. The molecular weight excluding hydrogens is 376 g/mol. The minimum atomic E-state index is -2.24. The number of hydroxylamine groups is 2. The van der Waals surface area contributed by atoms with Gasteiger partial charge in [-0.2, -0.15) is 5.06 Å². The molecule has 2 aliphatic rings. The summed E-state index contributed by atoms with van der Waals surface area (Å²) in [4.78, 5) is 53.6. The summed E-state index contributed by atoms with van der Waals surface area (Å²) in [6.07, 6.45) is -0.428. The van der Waals surface area contributed by atoms with Crippen LogP contribution in [0.5, 0.6) is 11.5 Å². The van der Waals surface area contributed by atoms with Crippen molar-refractivity contribution in [3.05, 3.63) is 23.8 Å². The second kappa shape index (κ2) is 7.35. The fraction of sp³-hybridized carbons (Fsp3) is 0.412. The second-order valence-electron chi connectivity index (χ2n) is 6.06. The Hall–Kier alpha value is -3.34. The van der Waals surface area contributed by atoms with Crippen molar-refractivity contribution < 1.29 is 43.3 Å². The number of carbonyl (C=O) groups excluding carboxylic acids is 3. The summed E-state index contributed by atoms with van der Waals surface area (Å²) in [5.41, 5.74) is -2.17. The fourth-order valence-corrected chi connectivity index (χ4v) is 3.06. The van der Waals surface area contributed by atoms with Crippen LogP contribution in [0.15, 0.2) is 18.2 Å². The van der Waals surface area contributed by atoms with Crippen LogP contribution >= 0.6 is 0 Å². The van der Waals surface area contributed by atoms with Gasteiger partial charge in [0, 0.05) is 6.42 Å². The van der Waals surface area contributed by atoms with Gasteiger partial charge in [0.1, 0.15) is 29.7 Å². The molecule has 0 saturated carbocycles. The number of carbonyl (C=O) groups is 4. The number of hydrogen-bond acceptors (Lipinski definition) is 8. The van der Waals surface area contributed by atoms with Crippen LogP contribution in [-0.4, -0.2) is 66.5 Å². The van der Waals surface area contributed by atoms with E-state index in [0.717, 1.165) is 0 Å². The van der Waals surface area contributed by atoms with Crippen LogP contribution in [0.1, 0.15) is 23.2 Å². The normalized spacial score (nSPS) is 24.1. The molecule has 0 bridgehead atoms. The number of rotatable bonds is 6. The summed E-state index contributed by atoms with van der Waals surface area (Å²) in [5, 5.41) is 12.4. The molecule has 0 aromatic heterocycles. The molecule has 11 heteroatoms. The van der Waals surface area contributed by atoms with Crippen molar-refractivity contribution in [2.75, 3.05) is 20.8 Å². The number of hydrogen-bond donors (Lipinski definition) is 2. The summed E-state index contributed by atoms with van der Waals surface area (Å²) in [5.74, 6) is -3.36. The van der Waals surface area contributed by atoms with E-state index in [2.05, 4.69) is 5.32 Å². The maximum Gasteiger partial charge on any atom is 0.372 e. The monoisotopic (exact) mass is 394 g/mol. The van der Waals surface area contributed by atoms with Gasteiger partial charge in [-0.05, 0) is 12.1 Å². The van der Waals surface area contributed by atoms with Crippen LogP contribution in [0.25, 0.3) is 0 Å². The number of aliphatic carboxylic acids is 1. The minimum absolute atomic E-state index is 0.0685. The minimum Gasteiger partial charge on any atom is -0.496 e. The van der Waals surface area contributed by atoms with Gasteiger partial charge in [0.2, 0.25) is 0 Å². The van der Waals surface area contributed by atoms with Crippen LogP contribution in [0.3, 0.4) is 0 Å². The summed E-state index contributed by atoms with van der Waals surface area (Å²) in [7, 11) is 2.75. The van der Waals surface area contributed by atoms with Crippen molar-refractivity contribution in [3.63, 3.8) is 0 Å². The molecule has 0 spiro atoms. The molecule has 2 saturated heterocycles. The zero-order valence-corrected chi connectivity index (χ0v) is 15.1. The predicted molar refractivity (Wildman–Crippen MR) is 89.3 cm³/mol. The first-order chi connectivity index (χ1) is 13.3. The van der Waals surface area contributed by atoms with Crippen LogP contribution in [-0.2, 0) is 24.0 Å².